The summed E-state index contributed by atoms with van der Waals surface area (Å²) in [6, 6.07) is 0.0452. The maximum atomic E-state index is 12.4. The smallest absolute Gasteiger partial charge is 0.315 e. The third-order valence-corrected chi connectivity index (χ3v) is 5.36. The minimum Gasteiger partial charge on any atom is -0.396 e. The van der Waals surface area contributed by atoms with E-state index < -0.39 is 0 Å². The quantitative estimate of drug-likeness (QED) is 0.744. The fourth-order valence-electron chi connectivity index (χ4n) is 3.93. The average molecular weight is 326 g/mol. The lowest BCUT2D eigenvalue weighted by atomic mass is 9.78. The summed E-state index contributed by atoms with van der Waals surface area (Å²) < 4.78 is 6.09. The Morgan fingerprint density at radius 3 is 2.61 bits per heavy atom. The molecule has 0 radical (unpaired) electrons. The van der Waals surface area contributed by atoms with Crippen LogP contribution in [0.4, 0.5) is 4.79 Å². The average Bonchev–Trinajstić information content (AvgIpc) is 2.46. The van der Waals surface area contributed by atoms with Gasteiger partial charge in [-0.25, -0.2) is 4.79 Å². The molecule has 0 bridgehead atoms. The van der Waals surface area contributed by atoms with Gasteiger partial charge in [0.05, 0.1) is 5.60 Å². The summed E-state index contributed by atoms with van der Waals surface area (Å²) in [4.78, 5) is 12.4. The molecule has 1 saturated carbocycles. The van der Waals surface area contributed by atoms with Crippen molar-refractivity contribution in [3.05, 3.63) is 0 Å². The van der Waals surface area contributed by atoms with Crippen LogP contribution >= 0.6 is 0 Å². The minimum absolute atomic E-state index is 0.00295. The highest BCUT2D eigenvalue weighted by Crippen LogP contribution is 2.38. The Kier molecular flexibility index (Phi) is 6.32. The van der Waals surface area contributed by atoms with Crippen LogP contribution < -0.4 is 10.6 Å². The van der Waals surface area contributed by atoms with E-state index in [0.717, 1.165) is 32.3 Å². The van der Waals surface area contributed by atoms with Crippen LogP contribution in [0, 0.1) is 5.41 Å². The molecule has 1 spiro atoms. The summed E-state index contributed by atoms with van der Waals surface area (Å²) in [5, 5.41) is 15.4. The van der Waals surface area contributed by atoms with E-state index in [4.69, 9.17) is 4.74 Å². The summed E-state index contributed by atoms with van der Waals surface area (Å²) in [6.07, 6.45) is 8.43. The van der Waals surface area contributed by atoms with Crippen molar-refractivity contribution in [3.8, 4) is 0 Å². The topological polar surface area (TPSA) is 70.6 Å². The molecule has 0 aromatic carbocycles. The Hall–Kier alpha value is -0.810. The molecule has 5 nitrogen and oxygen atoms in total. The number of aliphatic hydroxyl groups excluding tert-OH is 1. The number of amides is 2. The number of hydrogen-bond donors (Lipinski definition) is 3. The lowest BCUT2D eigenvalue weighted by Gasteiger charge is -2.43. The van der Waals surface area contributed by atoms with E-state index in [1.54, 1.807) is 0 Å². The molecule has 2 amide bonds. The molecule has 0 unspecified atom stereocenters. The second kappa shape index (κ2) is 7.84. The van der Waals surface area contributed by atoms with Gasteiger partial charge in [0.1, 0.15) is 0 Å². The van der Waals surface area contributed by atoms with Gasteiger partial charge >= 0.3 is 6.03 Å². The van der Waals surface area contributed by atoms with Crippen molar-refractivity contribution in [2.24, 2.45) is 5.41 Å². The molecule has 1 heterocycles. The molecule has 3 N–H and O–H groups in total. The summed E-state index contributed by atoms with van der Waals surface area (Å²) in [7, 11) is 0. The fourth-order valence-corrected chi connectivity index (χ4v) is 3.93. The van der Waals surface area contributed by atoms with Crippen molar-refractivity contribution in [2.75, 3.05) is 13.2 Å². The molecule has 2 atom stereocenters. The predicted octanol–water partition coefficient (Wildman–Crippen LogP) is 2.96. The van der Waals surface area contributed by atoms with Gasteiger partial charge in [-0.15, -0.1) is 0 Å². The summed E-state index contributed by atoms with van der Waals surface area (Å²) in [5.74, 6) is 0. The number of urea groups is 1. The number of ether oxygens (including phenoxy) is 1. The van der Waals surface area contributed by atoms with Crippen molar-refractivity contribution in [3.63, 3.8) is 0 Å². The van der Waals surface area contributed by atoms with E-state index >= 15 is 0 Å². The Labute approximate surface area is 140 Å². The zero-order chi connectivity index (χ0) is 16.9. The first kappa shape index (κ1) is 18.5. The second-order valence-electron chi connectivity index (χ2n) is 8.33. The van der Waals surface area contributed by atoms with Crippen LogP contribution in [0.5, 0.6) is 0 Å². The largest absolute Gasteiger partial charge is 0.396 e. The van der Waals surface area contributed by atoms with Gasteiger partial charge in [-0.05, 0) is 37.5 Å². The zero-order valence-corrected chi connectivity index (χ0v) is 15.0. The molecule has 0 aromatic rings. The van der Waals surface area contributed by atoms with Crippen molar-refractivity contribution >= 4 is 6.03 Å². The van der Waals surface area contributed by atoms with E-state index in [-0.39, 0.29) is 35.7 Å². The Bertz CT molecular complexity index is 381. The predicted molar refractivity (Wildman–Crippen MR) is 91.4 cm³/mol. The van der Waals surface area contributed by atoms with Gasteiger partial charge in [-0.2, -0.15) is 0 Å². The molecule has 1 aliphatic carbocycles. The van der Waals surface area contributed by atoms with E-state index in [1.165, 1.54) is 19.3 Å². The van der Waals surface area contributed by atoms with E-state index in [1.807, 2.05) is 0 Å². The fraction of sp³-hybridized carbons (Fsp3) is 0.944. The van der Waals surface area contributed by atoms with Crippen LogP contribution in [0.3, 0.4) is 0 Å². The lowest BCUT2D eigenvalue weighted by Crippen LogP contribution is -2.54. The van der Waals surface area contributed by atoms with Crippen molar-refractivity contribution in [2.45, 2.75) is 89.8 Å². The van der Waals surface area contributed by atoms with Gasteiger partial charge in [0.15, 0.2) is 0 Å². The molecular formula is C18H34N2O3. The molecule has 134 valence electrons. The molecule has 2 aliphatic rings. The highest BCUT2D eigenvalue weighted by Gasteiger charge is 2.39. The highest BCUT2D eigenvalue weighted by molar-refractivity contribution is 5.74. The van der Waals surface area contributed by atoms with E-state index in [9.17, 15) is 9.90 Å². The number of aliphatic hydroxyl groups is 1. The monoisotopic (exact) mass is 326 g/mol. The first-order valence-electron chi connectivity index (χ1n) is 9.16. The molecular weight excluding hydrogens is 292 g/mol. The van der Waals surface area contributed by atoms with Crippen molar-refractivity contribution in [1.29, 1.82) is 0 Å². The SMILES string of the molecule is CC(C)(C)[C@H](CCO)NC(=O)N[C@H]1CCOC2(CCCCC2)C1. The first-order valence-corrected chi connectivity index (χ1v) is 9.16. The summed E-state index contributed by atoms with van der Waals surface area (Å²) in [5.41, 5.74) is -0.0662. The zero-order valence-electron chi connectivity index (χ0n) is 15.0. The number of rotatable bonds is 4. The van der Waals surface area contributed by atoms with Gasteiger partial charge in [0.25, 0.3) is 0 Å². The Morgan fingerprint density at radius 2 is 2.00 bits per heavy atom. The number of hydrogen-bond acceptors (Lipinski definition) is 3. The lowest BCUT2D eigenvalue weighted by molar-refractivity contribution is -0.107. The van der Waals surface area contributed by atoms with Crippen LogP contribution in [-0.2, 0) is 4.74 Å². The molecule has 5 heteroatoms. The highest BCUT2D eigenvalue weighted by atomic mass is 16.5. The van der Waals surface area contributed by atoms with Gasteiger partial charge < -0.3 is 20.5 Å². The van der Waals surface area contributed by atoms with Gasteiger partial charge in [0.2, 0.25) is 0 Å². The number of nitrogens with one attached hydrogen (secondary N) is 2. The van der Waals surface area contributed by atoms with Crippen molar-refractivity contribution in [1.82, 2.24) is 10.6 Å². The Morgan fingerprint density at radius 1 is 1.30 bits per heavy atom. The normalized spacial score (nSPS) is 25.8. The number of carbonyl (C=O) groups excluding carboxylic acids is 1. The van der Waals surface area contributed by atoms with Crippen LogP contribution in [0.15, 0.2) is 0 Å². The van der Waals surface area contributed by atoms with Crippen LogP contribution in [0.2, 0.25) is 0 Å². The molecule has 2 fully saturated rings. The maximum Gasteiger partial charge on any atom is 0.315 e. The maximum absolute atomic E-state index is 12.4. The van der Waals surface area contributed by atoms with Crippen LogP contribution in [0.25, 0.3) is 0 Å². The van der Waals surface area contributed by atoms with Gasteiger partial charge in [-0.1, -0.05) is 40.0 Å². The standard InChI is InChI=1S/C18H34N2O3/c1-17(2,3)15(7-11-21)20-16(22)19-14-8-12-23-18(13-14)9-5-4-6-10-18/h14-15,21H,4-13H2,1-3H3,(H2,19,20,22)/t14-,15-/m0/s1. The van der Waals surface area contributed by atoms with E-state index in [0.29, 0.717) is 6.42 Å². The minimum atomic E-state index is -0.115. The van der Waals surface area contributed by atoms with Crippen LogP contribution in [-0.4, -0.2) is 42.0 Å². The molecule has 2 rings (SSSR count). The van der Waals surface area contributed by atoms with Crippen molar-refractivity contribution < 1.29 is 14.6 Å². The summed E-state index contributed by atoms with van der Waals surface area (Å²) in [6.45, 7) is 7.07. The molecule has 0 aromatic heterocycles. The number of carbonyl (C=O) groups is 1. The van der Waals surface area contributed by atoms with E-state index in [2.05, 4.69) is 31.4 Å². The van der Waals surface area contributed by atoms with Gasteiger partial charge in [-0.3, -0.25) is 0 Å². The molecule has 23 heavy (non-hydrogen) atoms. The molecule has 1 aliphatic heterocycles. The second-order valence-corrected chi connectivity index (χ2v) is 8.33. The first-order chi connectivity index (χ1) is 10.8. The van der Waals surface area contributed by atoms with Crippen LogP contribution in [0.1, 0.15) is 72.1 Å². The third-order valence-electron chi connectivity index (χ3n) is 5.36. The van der Waals surface area contributed by atoms with Gasteiger partial charge in [0, 0.05) is 25.3 Å². The molecule has 1 saturated heterocycles. The summed E-state index contributed by atoms with van der Waals surface area (Å²) >= 11 is 0. The Balaban J connectivity index is 1.86. The third kappa shape index (κ3) is 5.35.